The first kappa shape index (κ1) is 21.1. The highest BCUT2D eigenvalue weighted by Crippen LogP contribution is 2.29. The van der Waals surface area contributed by atoms with Crippen molar-refractivity contribution in [2.75, 3.05) is 20.3 Å². The first-order valence-corrected chi connectivity index (χ1v) is 8.78. The van der Waals surface area contributed by atoms with E-state index >= 15 is 0 Å². The smallest absolute Gasteiger partial charge is 0.338 e. The first-order valence-electron chi connectivity index (χ1n) is 8.40. The largest absolute Gasteiger partial charge is 0.493 e. The topological polar surface area (TPSA) is 97.6 Å². The minimum atomic E-state index is -0.675. The summed E-state index contributed by atoms with van der Waals surface area (Å²) in [6.45, 7) is 0.0121. The van der Waals surface area contributed by atoms with Crippen molar-refractivity contribution in [2.45, 2.75) is 13.0 Å². The number of benzene rings is 2. The SMILES string of the molecule is COc1cc(C(=O)OCC(=O)NCCC#N)ccc1OCc1ccccc1Cl. The second-order valence-electron chi connectivity index (χ2n) is 5.58. The van der Waals surface area contributed by atoms with Gasteiger partial charge in [0, 0.05) is 17.1 Å². The van der Waals surface area contributed by atoms with Gasteiger partial charge in [-0.05, 0) is 24.3 Å². The maximum absolute atomic E-state index is 12.1. The number of halogens is 1. The number of esters is 1. The van der Waals surface area contributed by atoms with Crippen LogP contribution in [0, 0.1) is 11.3 Å². The molecule has 1 N–H and O–H groups in total. The molecule has 0 bridgehead atoms. The van der Waals surface area contributed by atoms with E-state index in [0.29, 0.717) is 16.5 Å². The Labute approximate surface area is 167 Å². The van der Waals surface area contributed by atoms with Crippen molar-refractivity contribution >= 4 is 23.5 Å². The minimum Gasteiger partial charge on any atom is -0.493 e. The third-order valence-corrected chi connectivity index (χ3v) is 4.00. The normalized spacial score (nSPS) is 9.89. The van der Waals surface area contributed by atoms with E-state index in [1.807, 2.05) is 24.3 Å². The molecule has 0 atom stereocenters. The van der Waals surface area contributed by atoms with Crippen LogP contribution < -0.4 is 14.8 Å². The van der Waals surface area contributed by atoms with Crippen LogP contribution in [-0.2, 0) is 16.1 Å². The van der Waals surface area contributed by atoms with E-state index in [0.717, 1.165) is 5.56 Å². The number of carbonyl (C=O) groups excluding carboxylic acids is 2. The predicted octanol–water partition coefficient (Wildman–Crippen LogP) is 3.11. The van der Waals surface area contributed by atoms with Gasteiger partial charge in [-0.3, -0.25) is 4.79 Å². The van der Waals surface area contributed by atoms with Crippen molar-refractivity contribution in [1.82, 2.24) is 5.32 Å². The zero-order valence-electron chi connectivity index (χ0n) is 15.2. The molecule has 0 aliphatic rings. The number of carbonyl (C=O) groups is 2. The van der Waals surface area contributed by atoms with Gasteiger partial charge in [0.1, 0.15) is 6.61 Å². The van der Waals surface area contributed by atoms with Crippen molar-refractivity contribution in [3.63, 3.8) is 0 Å². The minimum absolute atomic E-state index is 0.187. The summed E-state index contributed by atoms with van der Waals surface area (Å²) in [5, 5.41) is 11.5. The summed E-state index contributed by atoms with van der Waals surface area (Å²) in [6, 6.07) is 13.8. The van der Waals surface area contributed by atoms with E-state index in [1.165, 1.54) is 19.2 Å². The monoisotopic (exact) mass is 402 g/mol. The average molecular weight is 403 g/mol. The van der Waals surface area contributed by atoms with Crippen LogP contribution in [0.2, 0.25) is 5.02 Å². The molecule has 0 unspecified atom stereocenters. The molecule has 0 aliphatic carbocycles. The Hall–Kier alpha value is -3.24. The van der Waals surface area contributed by atoms with Crippen LogP contribution in [0.5, 0.6) is 11.5 Å². The highest BCUT2D eigenvalue weighted by atomic mass is 35.5. The van der Waals surface area contributed by atoms with Gasteiger partial charge in [0.2, 0.25) is 0 Å². The number of nitrogens with zero attached hydrogens (tertiary/aromatic N) is 1. The van der Waals surface area contributed by atoms with Crippen molar-refractivity contribution in [2.24, 2.45) is 0 Å². The molecule has 0 fully saturated rings. The van der Waals surface area contributed by atoms with E-state index in [1.54, 1.807) is 12.1 Å². The summed E-state index contributed by atoms with van der Waals surface area (Å²) in [7, 11) is 1.45. The number of amides is 1. The Morgan fingerprint density at radius 3 is 2.68 bits per heavy atom. The molecule has 8 heteroatoms. The first-order chi connectivity index (χ1) is 13.5. The maximum Gasteiger partial charge on any atom is 0.338 e. The summed E-state index contributed by atoms with van der Waals surface area (Å²) in [4.78, 5) is 23.6. The Balaban J connectivity index is 1.96. The van der Waals surface area contributed by atoms with Gasteiger partial charge >= 0.3 is 5.97 Å². The van der Waals surface area contributed by atoms with E-state index in [2.05, 4.69) is 5.32 Å². The van der Waals surface area contributed by atoms with E-state index in [4.69, 9.17) is 31.1 Å². The Kier molecular flexibility index (Phi) is 8.12. The Morgan fingerprint density at radius 1 is 1.18 bits per heavy atom. The fraction of sp³-hybridized carbons (Fsp3) is 0.250. The van der Waals surface area contributed by atoms with Crippen molar-refractivity contribution < 1.29 is 23.8 Å². The molecule has 0 saturated carbocycles. The number of nitriles is 1. The van der Waals surface area contributed by atoms with Crippen molar-refractivity contribution in [3.05, 3.63) is 58.6 Å². The summed E-state index contributed by atoms with van der Waals surface area (Å²) < 4.78 is 16.0. The second-order valence-corrected chi connectivity index (χ2v) is 5.99. The molecule has 2 aromatic carbocycles. The molecule has 28 heavy (non-hydrogen) atoms. The molecule has 0 heterocycles. The van der Waals surface area contributed by atoms with Gasteiger partial charge in [-0.25, -0.2) is 4.79 Å². The molecular formula is C20H19ClN2O5. The second kappa shape index (κ2) is 10.8. The fourth-order valence-electron chi connectivity index (χ4n) is 2.21. The van der Waals surface area contributed by atoms with Crippen LogP contribution >= 0.6 is 11.6 Å². The van der Waals surface area contributed by atoms with Crippen LogP contribution in [-0.4, -0.2) is 32.1 Å². The standard InChI is InChI=1S/C20H19ClN2O5/c1-26-18-11-14(20(25)28-13-19(24)23-10-4-9-22)7-8-17(18)27-12-15-5-2-3-6-16(15)21/h2-3,5-8,11H,4,10,12-13H2,1H3,(H,23,24). The van der Waals surface area contributed by atoms with Crippen LogP contribution in [0.4, 0.5) is 0 Å². The average Bonchev–Trinajstić information content (AvgIpc) is 2.71. The molecule has 0 saturated heterocycles. The lowest BCUT2D eigenvalue weighted by molar-refractivity contribution is -0.124. The highest BCUT2D eigenvalue weighted by molar-refractivity contribution is 6.31. The lowest BCUT2D eigenvalue weighted by Crippen LogP contribution is -2.29. The fourth-order valence-corrected chi connectivity index (χ4v) is 2.40. The zero-order chi connectivity index (χ0) is 20.4. The van der Waals surface area contributed by atoms with Gasteiger partial charge in [0.15, 0.2) is 18.1 Å². The van der Waals surface area contributed by atoms with Gasteiger partial charge in [-0.2, -0.15) is 5.26 Å². The zero-order valence-corrected chi connectivity index (χ0v) is 16.0. The molecular weight excluding hydrogens is 384 g/mol. The van der Waals surface area contributed by atoms with Gasteiger partial charge in [0.05, 0.1) is 25.2 Å². The van der Waals surface area contributed by atoms with Gasteiger partial charge in [-0.15, -0.1) is 0 Å². The number of ether oxygens (including phenoxy) is 3. The van der Waals surface area contributed by atoms with Gasteiger partial charge < -0.3 is 19.5 Å². The molecule has 146 valence electrons. The summed E-state index contributed by atoms with van der Waals surface area (Å²) in [5.74, 6) is -0.366. The molecule has 0 radical (unpaired) electrons. The molecule has 2 aromatic rings. The molecule has 0 spiro atoms. The van der Waals surface area contributed by atoms with Crippen molar-refractivity contribution in [1.29, 1.82) is 5.26 Å². The highest BCUT2D eigenvalue weighted by Gasteiger charge is 2.14. The van der Waals surface area contributed by atoms with Gasteiger partial charge in [-0.1, -0.05) is 29.8 Å². The van der Waals surface area contributed by atoms with Crippen LogP contribution in [0.3, 0.4) is 0 Å². The molecule has 0 aliphatic heterocycles. The van der Waals surface area contributed by atoms with Gasteiger partial charge in [0.25, 0.3) is 5.91 Å². The number of hydrogen-bond donors (Lipinski definition) is 1. The number of rotatable bonds is 9. The molecule has 0 aromatic heterocycles. The summed E-state index contributed by atoms with van der Waals surface area (Å²) >= 11 is 6.11. The third kappa shape index (κ3) is 6.18. The number of nitrogens with one attached hydrogen (secondary N) is 1. The quantitative estimate of drug-likeness (QED) is 0.511. The van der Waals surface area contributed by atoms with Crippen molar-refractivity contribution in [3.8, 4) is 17.6 Å². The Bertz CT molecular complexity index is 879. The third-order valence-electron chi connectivity index (χ3n) is 3.63. The van der Waals surface area contributed by atoms with Crippen LogP contribution in [0.1, 0.15) is 22.3 Å². The maximum atomic E-state index is 12.1. The summed E-state index contributed by atoms with van der Waals surface area (Å²) in [6.07, 6.45) is 0.187. The lowest BCUT2D eigenvalue weighted by Gasteiger charge is -2.13. The van der Waals surface area contributed by atoms with E-state index in [-0.39, 0.29) is 25.1 Å². The van der Waals surface area contributed by atoms with Crippen LogP contribution in [0.25, 0.3) is 0 Å². The number of methoxy groups -OCH3 is 1. The lowest BCUT2D eigenvalue weighted by atomic mass is 10.2. The van der Waals surface area contributed by atoms with Crippen LogP contribution in [0.15, 0.2) is 42.5 Å². The van der Waals surface area contributed by atoms with E-state index in [9.17, 15) is 9.59 Å². The summed E-state index contributed by atoms with van der Waals surface area (Å²) in [5.41, 5.74) is 1.03. The predicted molar refractivity (Wildman–Crippen MR) is 102 cm³/mol. The molecule has 1 amide bonds. The van der Waals surface area contributed by atoms with E-state index < -0.39 is 18.5 Å². The Morgan fingerprint density at radius 2 is 1.96 bits per heavy atom. The molecule has 2 rings (SSSR count). The number of hydrogen-bond acceptors (Lipinski definition) is 6. The molecule has 7 nitrogen and oxygen atoms in total.